The highest BCUT2D eigenvalue weighted by molar-refractivity contribution is 7.97. The molecule has 0 radical (unpaired) electrons. The summed E-state index contributed by atoms with van der Waals surface area (Å²) in [7, 11) is 0. The Morgan fingerprint density at radius 3 is 2.82 bits per heavy atom. The van der Waals surface area contributed by atoms with Crippen LogP contribution in [-0.4, -0.2) is 22.5 Å². The number of carbonyl (C=O) groups is 1. The van der Waals surface area contributed by atoms with Crippen molar-refractivity contribution in [1.82, 2.24) is 4.72 Å². The normalized spacial score (nSPS) is 10.1. The van der Waals surface area contributed by atoms with Crippen molar-refractivity contribution in [3.8, 4) is 0 Å². The Kier molecular flexibility index (Phi) is 5.44. The first-order chi connectivity index (χ1) is 8.11. The Morgan fingerprint density at radius 1 is 1.47 bits per heavy atom. The van der Waals surface area contributed by atoms with Gasteiger partial charge < -0.3 is 5.11 Å². The van der Waals surface area contributed by atoms with Gasteiger partial charge in [0.2, 0.25) is 0 Å². The van der Waals surface area contributed by atoms with E-state index in [0.717, 1.165) is 11.9 Å². The molecular weight excluding hydrogens is 244 g/mol. The summed E-state index contributed by atoms with van der Waals surface area (Å²) in [5.74, 6) is -0.845. The van der Waals surface area contributed by atoms with E-state index in [0.29, 0.717) is 17.9 Å². The second kappa shape index (κ2) is 6.87. The zero-order valence-electron chi connectivity index (χ0n) is 8.96. The summed E-state index contributed by atoms with van der Waals surface area (Å²) in [6, 6.07) is 6.40. The van der Waals surface area contributed by atoms with Crippen LogP contribution in [0.1, 0.15) is 12.8 Å². The van der Waals surface area contributed by atoms with E-state index in [1.54, 1.807) is 18.2 Å². The Labute approximate surface area is 102 Å². The van der Waals surface area contributed by atoms with Crippen molar-refractivity contribution in [3.63, 3.8) is 0 Å². The molecule has 0 aliphatic rings. The predicted molar refractivity (Wildman–Crippen MR) is 63.8 cm³/mol. The van der Waals surface area contributed by atoms with Gasteiger partial charge in [-0.05, 0) is 24.4 Å². The quantitative estimate of drug-likeness (QED) is 0.336. The molecule has 0 heterocycles. The number of benzene rings is 1. The molecule has 6 nitrogen and oxygen atoms in total. The van der Waals surface area contributed by atoms with Gasteiger partial charge in [0.25, 0.3) is 5.69 Å². The number of nitro groups is 1. The molecule has 1 aromatic rings. The Balaban J connectivity index is 2.41. The molecule has 92 valence electrons. The summed E-state index contributed by atoms with van der Waals surface area (Å²) in [5, 5.41) is 19.1. The van der Waals surface area contributed by atoms with E-state index in [9.17, 15) is 14.9 Å². The molecule has 2 N–H and O–H groups in total. The summed E-state index contributed by atoms with van der Waals surface area (Å²) < 4.78 is 2.90. The first kappa shape index (κ1) is 13.5. The lowest BCUT2D eigenvalue weighted by molar-refractivity contribution is -0.387. The van der Waals surface area contributed by atoms with Crippen molar-refractivity contribution >= 4 is 23.6 Å². The molecule has 0 bridgehead atoms. The molecule has 0 saturated carbocycles. The van der Waals surface area contributed by atoms with Crippen molar-refractivity contribution in [3.05, 3.63) is 34.4 Å². The number of carboxylic acids is 1. The van der Waals surface area contributed by atoms with E-state index in [2.05, 4.69) is 4.72 Å². The SMILES string of the molecule is O=C(O)CCCNSc1ccccc1[N+](=O)[O-]. The third-order valence-corrected chi connectivity index (χ3v) is 2.83. The van der Waals surface area contributed by atoms with Crippen molar-refractivity contribution in [2.24, 2.45) is 0 Å². The van der Waals surface area contributed by atoms with Gasteiger partial charge in [-0.15, -0.1) is 0 Å². The maximum absolute atomic E-state index is 10.7. The van der Waals surface area contributed by atoms with Crippen LogP contribution in [0.4, 0.5) is 5.69 Å². The smallest absolute Gasteiger partial charge is 0.303 e. The van der Waals surface area contributed by atoms with Gasteiger partial charge in [-0.2, -0.15) is 0 Å². The van der Waals surface area contributed by atoms with Gasteiger partial charge in [-0.1, -0.05) is 12.1 Å². The van der Waals surface area contributed by atoms with Crippen LogP contribution in [0.3, 0.4) is 0 Å². The Bertz CT molecular complexity index is 411. The van der Waals surface area contributed by atoms with Crippen molar-refractivity contribution in [1.29, 1.82) is 0 Å². The molecule has 0 spiro atoms. The van der Waals surface area contributed by atoms with E-state index in [4.69, 9.17) is 5.11 Å². The minimum absolute atomic E-state index is 0.0447. The van der Waals surface area contributed by atoms with Gasteiger partial charge in [0, 0.05) is 19.0 Å². The van der Waals surface area contributed by atoms with Gasteiger partial charge in [-0.3, -0.25) is 19.6 Å². The maximum Gasteiger partial charge on any atom is 0.303 e. The first-order valence-electron chi connectivity index (χ1n) is 4.96. The van der Waals surface area contributed by atoms with Crippen LogP contribution < -0.4 is 4.72 Å². The third-order valence-electron chi connectivity index (χ3n) is 1.91. The number of nitrogens with zero attached hydrogens (tertiary/aromatic N) is 1. The van der Waals surface area contributed by atoms with E-state index < -0.39 is 10.9 Å². The van der Waals surface area contributed by atoms with Crippen LogP contribution in [0, 0.1) is 10.1 Å². The minimum Gasteiger partial charge on any atom is -0.481 e. The largest absolute Gasteiger partial charge is 0.481 e. The molecule has 0 amide bonds. The van der Waals surface area contributed by atoms with E-state index in [1.165, 1.54) is 6.07 Å². The molecule has 0 saturated heterocycles. The summed E-state index contributed by atoms with van der Waals surface area (Å²) >= 11 is 1.14. The van der Waals surface area contributed by atoms with Crippen molar-refractivity contribution in [2.75, 3.05) is 6.54 Å². The fraction of sp³-hybridized carbons (Fsp3) is 0.300. The Morgan fingerprint density at radius 2 is 2.18 bits per heavy atom. The molecule has 0 aliphatic carbocycles. The predicted octanol–water partition coefficient (Wildman–Crippen LogP) is 2.06. The zero-order chi connectivity index (χ0) is 12.7. The lowest BCUT2D eigenvalue weighted by Crippen LogP contribution is -2.08. The van der Waals surface area contributed by atoms with Gasteiger partial charge in [0.15, 0.2) is 0 Å². The van der Waals surface area contributed by atoms with Gasteiger partial charge in [0.1, 0.15) is 4.90 Å². The Hall–Kier alpha value is -1.60. The number of carboxylic acid groups (broad SMARTS) is 1. The number of para-hydroxylation sites is 1. The molecule has 0 atom stereocenters. The van der Waals surface area contributed by atoms with Crippen LogP contribution in [0.2, 0.25) is 0 Å². The lowest BCUT2D eigenvalue weighted by Gasteiger charge is -2.03. The summed E-state index contributed by atoms with van der Waals surface area (Å²) in [6.07, 6.45) is 0.577. The summed E-state index contributed by atoms with van der Waals surface area (Å²) in [4.78, 5) is 21.0. The van der Waals surface area contributed by atoms with Crippen LogP contribution in [0.5, 0.6) is 0 Å². The second-order valence-electron chi connectivity index (χ2n) is 3.22. The summed E-state index contributed by atoms with van der Waals surface area (Å²) in [5.41, 5.74) is 0.0447. The number of aliphatic carboxylic acids is 1. The maximum atomic E-state index is 10.7. The molecule has 1 rings (SSSR count). The number of nitrogens with one attached hydrogen (secondary N) is 1. The highest BCUT2D eigenvalue weighted by Gasteiger charge is 2.12. The van der Waals surface area contributed by atoms with E-state index in [-0.39, 0.29) is 12.1 Å². The van der Waals surface area contributed by atoms with Crippen LogP contribution in [-0.2, 0) is 4.79 Å². The van der Waals surface area contributed by atoms with Crippen molar-refractivity contribution in [2.45, 2.75) is 17.7 Å². The highest BCUT2D eigenvalue weighted by atomic mass is 32.2. The second-order valence-corrected chi connectivity index (χ2v) is 4.15. The number of nitro benzene ring substituents is 1. The number of hydrogen-bond acceptors (Lipinski definition) is 5. The summed E-state index contributed by atoms with van der Waals surface area (Å²) in [6.45, 7) is 0.489. The van der Waals surface area contributed by atoms with Gasteiger partial charge in [-0.25, -0.2) is 0 Å². The molecule has 0 fully saturated rings. The molecule has 0 aliphatic heterocycles. The van der Waals surface area contributed by atoms with Crippen LogP contribution in [0.15, 0.2) is 29.2 Å². The monoisotopic (exact) mass is 256 g/mol. The zero-order valence-corrected chi connectivity index (χ0v) is 9.77. The molecule has 7 heteroatoms. The minimum atomic E-state index is -0.845. The fourth-order valence-electron chi connectivity index (χ4n) is 1.13. The molecule has 17 heavy (non-hydrogen) atoms. The third kappa shape index (κ3) is 4.83. The van der Waals surface area contributed by atoms with E-state index in [1.807, 2.05) is 0 Å². The number of hydrogen-bond donors (Lipinski definition) is 2. The molecular formula is C10H12N2O4S. The average molecular weight is 256 g/mol. The topological polar surface area (TPSA) is 92.5 Å². The van der Waals surface area contributed by atoms with Gasteiger partial charge in [0.05, 0.1) is 4.92 Å². The van der Waals surface area contributed by atoms with Crippen molar-refractivity contribution < 1.29 is 14.8 Å². The number of rotatable bonds is 7. The molecule has 0 unspecified atom stereocenters. The van der Waals surface area contributed by atoms with E-state index >= 15 is 0 Å². The fourth-order valence-corrected chi connectivity index (χ4v) is 1.93. The highest BCUT2D eigenvalue weighted by Crippen LogP contribution is 2.26. The standard InChI is InChI=1S/C10H12N2O4S/c13-10(14)6-3-7-11-17-9-5-2-1-4-8(9)12(15)16/h1-2,4-5,11H,3,6-7H2,(H,13,14). The molecule has 1 aromatic carbocycles. The average Bonchev–Trinajstić information content (AvgIpc) is 2.28. The van der Waals surface area contributed by atoms with Crippen LogP contribution in [0.25, 0.3) is 0 Å². The van der Waals surface area contributed by atoms with Gasteiger partial charge >= 0.3 is 5.97 Å². The lowest BCUT2D eigenvalue weighted by atomic mass is 10.3. The first-order valence-corrected chi connectivity index (χ1v) is 5.78. The van der Waals surface area contributed by atoms with Crippen LogP contribution >= 0.6 is 11.9 Å². The molecule has 0 aromatic heterocycles.